The molecule has 2 rings (SSSR count). The van der Waals surface area contributed by atoms with Crippen LogP contribution in [0, 0.1) is 0 Å². The van der Waals surface area contributed by atoms with Crippen molar-refractivity contribution in [3.8, 4) is 0 Å². The number of carboxylic acid groups (broad SMARTS) is 1. The van der Waals surface area contributed by atoms with Crippen molar-refractivity contribution >= 4 is 44.8 Å². The number of halogens is 1. The maximum Gasteiger partial charge on any atom is 0.337 e. The fourth-order valence-electron chi connectivity index (χ4n) is 1.59. The highest BCUT2D eigenvalue weighted by Gasteiger charge is 2.17. The van der Waals surface area contributed by atoms with Gasteiger partial charge in [-0.2, -0.15) is 0 Å². The Balaban J connectivity index is 2.26. The molecule has 0 saturated heterocycles. The normalized spacial score (nSPS) is 12.0. The van der Waals surface area contributed by atoms with Crippen LogP contribution in [-0.4, -0.2) is 22.0 Å². The maximum absolute atomic E-state index is 12.1. The van der Waals surface area contributed by atoms with Crippen molar-refractivity contribution < 1.29 is 14.7 Å². The van der Waals surface area contributed by atoms with Crippen LogP contribution >= 0.6 is 27.3 Å². The zero-order valence-electron chi connectivity index (χ0n) is 11.0. The van der Waals surface area contributed by atoms with E-state index in [1.165, 1.54) is 23.5 Å². The average Bonchev–Trinajstić information content (AvgIpc) is 2.88. The van der Waals surface area contributed by atoms with Gasteiger partial charge in [0, 0.05) is 9.85 Å². The number of benzene rings is 1. The van der Waals surface area contributed by atoms with E-state index in [9.17, 15) is 9.59 Å². The van der Waals surface area contributed by atoms with Gasteiger partial charge in [0.05, 0.1) is 17.3 Å². The molecule has 1 amide bonds. The van der Waals surface area contributed by atoms with Crippen LogP contribution in [0.4, 0.5) is 5.69 Å². The van der Waals surface area contributed by atoms with E-state index in [1.54, 1.807) is 18.4 Å². The van der Waals surface area contributed by atoms with Crippen molar-refractivity contribution in [2.45, 2.75) is 13.0 Å². The molecule has 1 aromatic heterocycles. The number of amides is 1. The summed E-state index contributed by atoms with van der Waals surface area (Å²) in [6, 6.07) is 4.28. The molecule has 1 heterocycles. The number of hydrogen-bond acceptors (Lipinski definition) is 5. The second-order valence-corrected chi connectivity index (χ2v) is 6.11. The minimum absolute atomic E-state index is 0.00851. The van der Waals surface area contributed by atoms with Crippen molar-refractivity contribution in [1.29, 1.82) is 0 Å². The number of nitrogens with two attached hydrogens (primary N) is 1. The summed E-state index contributed by atoms with van der Waals surface area (Å²) in [6.07, 6.45) is 0. The summed E-state index contributed by atoms with van der Waals surface area (Å²) in [4.78, 5) is 27.4. The predicted octanol–water partition coefficient (Wildman–Crippen LogP) is 2.88. The molecule has 110 valence electrons. The molecule has 0 fully saturated rings. The molecule has 6 nitrogen and oxygen atoms in total. The number of carbonyl (C=O) groups is 2. The lowest BCUT2D eigenvalue weighted by Gasteiger charge is -2.07. The van der Waals surface area contributed by atoms with Gasteiger partial charge in [0.2, 0.25) is 0 Å². The van der Waals surface area contributed by atoms with Gasteiger partial charge in [-0.15, -0.1) is 11.3 Å². The Morgan fingerprint density at radius 3 is 2.76 bits per heavy atom. The molecule has 2 aromatic rings. The van der Waals surface area contributed by atoms with E-state index in [-0.39, 0.29) is 23.0 Å². The summed E-state index contributed by atoms with van der Waals surface area (Å²) in [7, 11) is 0. The molecule has 0 bridgehead atoms. The van der Waals surface area contributed by atoms with Crippen molar-refractivity contribution in [1.82, 2.24) is 4.98 Å². The lowest BCUT2D eigenvalue weighted by atomic mass is 10.2. The largest absolute Gasteiger partial charge is 0.478 e. The Morgan fingerprint density at radius 1 is 1.48 bits per heavy atom. The smallest absolute Gasteiger partial charge is 0.337 e. The van der Waals surface area contributed by atoms with Gasteiger partial charge in [0.15, 0.2) is 0 Å². The van der Waals surface area contributed by atoms with Crippen LogP contribution in [0.1, 0.15) is 38.8 Å². The van der Waals surface area contributed by atoms with Gasteiger partial charge in [-0.25, -0.2) is 9.78 Å². The van der Waals surface area contributed by atoms with E-state index < -0.39 is 11.9 Å². The highest BCUT2D eigenvalue weighted by Crippen LogP contribution is 2.23. The number of aromatic carboxylic acids is 1. The summed E-state index contributed by atoms with van der Waals surface area (Å²) in [6.45, 7) is 1.78. The topological polar surface area (TPSA) is 105 Å². The van der Waals surface area contributed by atoms with Crippen molar-refractivity contribution in [2.24, 2.45) is 5.73 Å². The van der Waals surface area contributed by atoms with Crippen LogP contribution in [0.15, 0.2) is 28.1 Å². The quantitative estimate of drug-likeness (QED) is 0.768. The first-order chi connectivity index (χ1) is 9.88. The Morgan fingerprint density at radius 2 is 2.19 bits per heavy atom. The van der Waals surface area contributed by atoms with Crippen LogP contribution in [0.5, 0.6) is 0 Å². The molecule has 8 heteroatoms. The molecule has 1 unspecified atom stereocenters. The van der Waals surface area contributed by atoms with Crippen molar-refractivity contribution in [2.75, 3.05) is 5.32 Å². The monoisotopic (exact) mass is 369 g/mol. The molecular formula is C13H12BrN3O3S. The zero-order chi connectivity index (χ0) is 15.6. The van der Waals surface area contributed by atoms with Gasteiger partial charge in [-0.3, -0.25) is 4.79 Å². The van der Waals surface area contributed by atoms with Crippen LogP contribution < -0.4 is 11.1 Å². The average molecular weight is 370 g/mol. The molecule has 0 radical (unpaired) electrons. The molecule has 1 atom stereocenters. The van der Waals surface area contributed by atoms with E-state index in [0.29, 0.717) is 9.48 Å². The third-order valence-electron chi connectivity index (χ3n) is 2.60. The fourth-order valence-corrected chi connectivity index (χ4v) is 2.71. The number of hydrogen-bond donors (Lipinski definition) is 3. The highest BCUT2D eigenvalue weighted by atomic mass is 79.9. The standard InChI is InChI=1S/C13H12BrN3O3S/c1-6(15)12-17-10(5-21-12)11(18)16-9-4-7(14)2-3-8(9)13(19)20/h2-6H,15H2,1H3,(H,16,18)(H,19,20). The van der Waals surface area contributed by atoms with E-state index in [4.69, 9.17) is 10.8 Å². The maximum atomic E-state index is 12.1. The molecule has 4 N–H and O–H groups in total. The lowest BCUT2D eigenvalue weighted by molar-refractivity contribution is 0.0698. The fraction of sp³-hybridized carbons (Fsp3) is 0.154. The number of nitrogens with one attached hydrogen (secondary N) is 1. The number of aromatic nitrogens is 1. The number of anilines is 1. The van der Waals surface area contributed by atoms with Gasteiger partial charge in [-0.05, 0) is 25.1 Å². The minimum atomic E-state index is -1.12. The number of thiazole rings is 1. The summed E-state index contributed by atoms with van der Waals surface area (Å²) in [5.41, 5.74) is 6.12. The molecule has 0 saturated carbocycles. The Bertz CT molecular complexity index is 700. The first-order valence-corrected chi connectivity index (χ1v) is 7.61. The molecule has 0 aliphatic heterocycles. The highest BCUT2D eigenvalue weighted by molar-refractivity contribution is 9.10. The van der Waals surface area contributed by atoms with Crippen LogP contribution in [0.3, 0.4) is 0 Å². The van der Waals surface area contributed by atoms with Crippen LogP contribution in [0.25, 0.3) is 0 Å². The van der Waals surface area contributed by atoms with Gasteiger partial charge in [0.1, 0.15) is 10.7 Å². The van der Waals surface area contributed by atoms with Crippen LogP contribution in [-0.2, 0) is 0 Å². The molecule has 0 aliphatic rings. The number of nitrogens with zero attached hydrogens (tertiary/aromatic N) is 1. The predicted molar refractivity (Wildman–Crippen MR) is 83.8 cm³/mol. The molecule has 0 aliphatic carbocycles. The summed E-state index contributed by atoms with van der Waals surface area (Å²) in [5, 5.41) is 13.9. The van der Waals surface area contributed by atoms with Gasteiger partial charge < -0.3 is 16.2 Å². The number of carbonyl (C=O) groups excluding carboxylic acids is 1. The van der Waals surface area contributed by atoms with E-state index in [2.05, 4.69) is 26.2 Å². The number of carboxylic acids is 1. The lowest BCUT2D eigenvalue weighted by Crippen LogP contribution is -2.15. The zero-order valence-corrected chi connectivity index (χ0v) is 13.4. The second-order valence-electron chi connectivity index (χ2n) is 4.31. The Kier molecular flexibility index (Phi) is 4.71. The molecule has 1 aromatic carbocycles. The number of rotatable bonds is 4. The van der Waals surface area contributed by atoms with E-state index in [0.717, 1.165) is 0 Å². The Labute approximate surface area is 133 Å². The minimum Gasteiger partial charge on any atom is -0.478 e. The van der Waals surface area contributed by atoms with Crippen molar-refractivity contribution in [3.63, 3.8) is 0 Å². The summed E-state index contributed by atoms with van der Waals surface area (Å²) in [5.74, 6) is -1.59. The van der Waals surface area contributed by atoms with Crippen LogP contribution in [0.2, 0.25) is 0 Å². The summed E-state index contributed by atoms with van der Waals surface area (Å²) < 4.78 is 0.664. The molecule has 21 heavy (non-hydrogen) atoms. The Hall–Kier alpha value is -1.77. The van der Waals surface area contributed by atoms with Gasteiger partial charge in [0.25, 0.3) is 5.91 Å². The third kappa shape index (κ3) is 3.66. The molecular weight excluding hydrogens is 358 g/mol. The second kappa shape index (κ2) is 6.33. The summed E-state index contributed by atoms with van der Waals surface area (Å²) >= 11 is 4.53. The third-order valence-corrected chi connectivity index (χ3v) is 4.14. The van der Waals surface area contributed by atoms with E-state index in [1.807, 2.05) is 0 Å². The molecule has 0 spiro atoms. The van der Waals surface area contributed by atoms with Gasteiger partial charge in [-0.1, -0.05) is 15.9 Å². The van der Waals surface area contributed by atoms with Crippen molar-refractivity contribution in [3.05, 3.63) is 44.3 Å². The first-order valence-electron chi connectivity index (χ1n) is 5.93. The van der Waals surface area contributed by atoms with Gasteiger partial charge >= 0.3 is 5.97 Å². The first kappa shape index (κ1) is 15.6. The van der Waals surface area contributed by atoms with E-state index >= 15 is 0 Å². The SMILES string of the molecule is CC(N)c1nc(C(=O)Nc2cc(Br)ccc2C(=O)O)cs1.